The molecule has 0 aromatic heterocycles. The molecule has 2 aromatic rings. The average Bonchev–Trinajstić information content (AvgIpc) is 2.70. The molecule has 1 N–H and O–H groups in total. The highest BCUT2D eigenvalue weighted by Gasteiger charge is 2.21. The number of hydrogen-bond acceptors (Lipinski definition) is 4. The normalized spacial score (nSPS) is 12.5. The van der Waals surface area contributed by atoms with Crippen molar-refractivity contribution in [1.29, 1.82) is 0 Å². The van der Waals surface area contributed by atoms with Gasteiger partial charge in [0.25, 0.3) is 0 Å². The van der Waals surface area contributed by atoms with Gasteiger partial charge < -0.3 is 10.1 Å². The lowest BCUT2D eigenvalue weighted by Gasteiger charge is -2.23. The predicted octanol–water partition coefficient (Wildman–Crippen LogP) is 4.69. The number of aryl methyl sites for hydroxylation is 1. The van der Waals surface area contributed by atoms with E-state index in [2.05, 4.69) is 25.2 Å². The van der Waals surface area contributed by atoms with Gasteiger partial charge in [-0.15, -0.1) is 0 Å². The first kappa shape index (κ1) is 25.6. The molecule has 0 fully saturated rings. The molecule has 176 valence electrons. The number of rotatable bonds is 10. The molecular weight excluding hydrogens is 431 g/mol. The molecule has 2 aromatic carbocycles. The molecule has 8 heteroatoms. The van der Waals surface area contributed by atoms with Crippen LogP contribution in [0.4, 0.5) is 10.1 Å². The molecule has 0 heterocycles. The molecule has 0 aliphatic carbocycles. The molecule has 2 rings (SSSR count). The summed E-state index contributed by atoms with van der Waals surface area (Å²) in [6.45, 7) is 8.08. The van der Waals surface area contributed by atoms with Crippen LogP contribution in [0.2, 0.25) is 0 Å². The van der Waals surface area contributed by atoms with Crippen LogP contribution >= 0.6 is 0 Å². The van der Waals surface area contributed by atoms with Crippen molar-refractivity contribution in [1.82, 2.24) is 5.32 Å². The second-order valence-electron chi connectivity index (χ2n) is 8.28. The van der Waals surface area contributed by atoms with Gasteiger partial charge in [-0.25, -0.2) is 12.8 Å². The number of carbonyl (C=O) groups excluding carboxylic acids is 1. The van der Waals surface area contributed by atoms with Crippen molar-refractivity contribution in [2.24, 2.45) is 0 Å². The first-order valence-corrected chi connectivity index (χ1v) is 12.5. The number of anilines is 1. The number of nitrogens with one attached hydrogen (secondary N) is 1. The fourth-order valence-electron chi connectivity index (χ4n) is 3.70. The molecule has 0 unspecified atom stereocenters. The summed E-state index contributed by atoms with van der Waals surface area (Å²) < 4.78 is 44.9. The lowest BCUT2D eigenvalue weighted by molar-refractivity contribution is -0.121. The summed E-state index contributed by atoms with van der Waals surface area (Å²) in [6.07, 6.45) is 1.41. The highest BCUT2D eigenvalue weighted by atomic mass is 32.2. The van der Waals surface area contributed by atoms with Crippen LogP contribution in [0.25, 0.3) is 0 Å². The lowest BCUT2D eigenvalue weighted by atomic mass is 9.93. The number of methoxy groups -OCH3 is 1. The van der Waals surface area contributed by atoms with Gasteiger partial charge in [0, 0.05) is 13.0 Å². The fourth-order valence-corrected chi connectivity index (χ4v) is 4.67. The summed E-state index contributed by atoms with van der Waals surface area (Å²) >= 11 is 0. The molecule has 1 amide bonds. The van der Waals surface area contributed by atoms with Crippen LogP contribution in [0.3, 0.4) is 0 Å². The number of para-hydroxylation sites is 1. The Morgan fingerprint density at radius 3 is 2.38 bits per heavy atom. The van der Waals surface area contributed by atoms with Crippen LogP contribution in [-0.4, -0.2) is 34.2 Å². The third-order valence-corrected chi connectivity index (χ3v) is 6.55. The Hall–Kier alpha value is -2.61. The predicted molar refractivity (Wildman–Crippen MR) is 126 cm³/mol. The van der Waals surface area contributed by atoms with Gasteiger partial charge >= 0.3 is 0 Å². The van der Waals surface area contributed by atoms with Crippen molar-refractivity contribution in [3.8, 4) is 5.75 Å². The Bertz CT molecular complexity index is 1050. The second-order valence-corrected chi connectivity index (χ2v) is 10.2. The highest BCUT2D eigenvalue weighted by Crippen LogP contribution is 2.32. The monoisotopic (exact) mass is 464 g/mol. The summed E-state index contributed by atoms with van der Waals surface area (Å²) in [6, 6.07) is 9.53. The Balaban J connectivity index is 2.05. The topological polar surface area (TPSA) is 75.7 Å². The molecule has 32 heavy (non-hydrogen) atoms. The molecule has 0 spiro atoms. The molecule has 0 saturated carbocycles. The quantitative estimate of drug-likeness (QED) is 0.554. The van der Waals surface area contributed by atoms with E-state index in [-0.39, 0.29) is 42.9 Å². The molecule has 1 atom stereocenters. The van der Waals surface area contributed by atoms with Crippen LogP contribution in [0.5, 0.6) is 5.75 Å². The molecular formula is C24H33FN2O4S. The Kier molecular flexibility index (Phi) is 8.66. The zero-order valence-corrected chi connectivity index (χ0v) is 20.4. The number of benzene rings is 2. The maximum atomic E-state index is 14.1. The van der Waals surface area contributed by atoms with Crippen molar-refractivity contribution in [2.45, 2.75) is 52.5 Å². The molecule has 0 bridgehead atoms. The first-order valence-electron chi connectivity index (χ1n) is 10.7. The Morgan fingerprint density at radius 1 is 1.16 bits per heavy atom. The van der Waals surface area contributed by atoms with Gasteiger partial charge in [0.05, 0.1) is 25.1 Å². The lowest BCUT2D eigenvalue weighted by Crippen LogP contribution is -2.33. The Labute approximate surface area is 190 Å². The summed E-state index contributed by atoms with van der Waals surface area (Å²) in [4.78, 5) is 12.5. The summed E-state index contributed by atoms with van der Waals surface area (Å²) in [5.41, 5.74) is 3.08. The molecule has 0 radical (unpaired) electrons. The van der Waals surface area contributed by atoms with E-state index >= 15 is 0 Å². The van der Waals surface area contributed by atoms with E-state index in [9.17, 15) is 17.6 Å². The molecule has 0 aliphatic rings. The maximum Gasteiger partial charge on any atom is 0.232 e. The largest absolute Gasteiger partial charge is 0.496 e. The number of ether oxygens (including phenoxy) is 1. The van der Waals surface area contributed by atoms with Gasteiger partial charge in [-0.05, 0) is 67.1 Å². The third kappa shape index (κ3) is 6.45. The van der Waals surface area contributed by atoms with E-state index in [1.54, 1.807) is 13.2 Å². The number of amides is 1. The smallest absolute Gasteiger partial charge is 0.232 e. The standard InChI is InChI=1S/C24H33FN2O4S/c1-16(2)19-15-20(17(3)14-23(19)31-5)18(4)26-24(28)12-9-13-27(32(6,29)30)22-11-8-7-10-21(22)25/h7-8,10-11,14-16,18H,9,12-13H2,1-6H3,(H,26,28)/t18-/m0/s1. The van der Waals surface area contributed by atoms with E-state index in [0.717, 1.165) is 33.0 Å². The Morgan fingerprint density at radius 2 is 1.81 bits per heavy atom. The van der Waals surface area contributed by atoms with Gasteiger partial charge in [-0.3, -0.25) is 9.10 Å². The van der Waals surface area contributed by atoms with Gasteiger partial charge in [-0.2, -0.15) is 0 Å². The van der Waals surface area contributed by atoms with Crippen LogP contribution in [0, 0.1) is 12.7 Å². The maximum absolute atomic E-state index is 14.1. The van der Waals surface area contributed by atoms with Crippen LogP contribution in [0.1, 0.15) is 62.3 Å². The van der Waals surface area contributed by atoms with Gasteiger partial charge in [0.2, 0.25) is 15.9 Å². The van der Waals surface area contributed by atoms with E-state index in [1.807, 2.05) is 19.9 Å². The first-order chi connectivity index (χ1) is 15.0. The van der Waals surface area contributed by atoms with E-state index in [4.69, 9.17) is 4.74 Å². The number of halogens is 1. The number of sulfonamides is 1. The van der Waals surface area contributed by atoms with Crippen molar-refractivity contribution >= 4 is 21.6 Å². The SMILES string of the molecule is COc1cc(C)c([C@H](C)NC(=O)CCCN(c2ccccc2F)S(C)(=O)=O)cc1C(C)C. The van der Waals surface area contributed by atoms with Gasteiger partial charge in [0.15, 0.2) is 0 Å². The fraction of sp³-hybridized carbons (Fsp3) is 0.458. The summed E-state index contributed by atoms with van der Waals surface area (Å²) in [7, 11) is -2.03. The van der Waals surface area contributed by atoms with Crippen molar-refractivity contribution < 1.29 is 22.3 Å². The highest BCUT2D eigenvalue weighted by molar-refractivity contribution is 7.92. The van der Waals surface area contributed by atoms with Crippen molar-refractivity contribution in [3.05, 3.63) is 58.9 Å². The van der Waals surface area contributed by atoms with Crippen LogP contribution < -0.4 is 14.4 Å². The third-order valence-electron chi connectivity index (χ3n) is 5.37. The summed E-state index contributed by atoms with van der Waals surface area (Å²) in [5, 5.41) is 2.98. The minimum Gasteiger partial charge on any atom is -0.496 e. The molecule has 0 aliphatic heterocycles. The van der Waals surface area contributed by atoms with Gasteiger partial charge in [-0.1, -0.05) is 26.0 Å². The zero-order valence-electron chi connectivity index (χ0n) is 19.6. The van der Waals surface area contributed by atoms with Crippen molar-refractivity contribution in [2.75, 3.05) is 24.2 Å². The number of carbonyl (C=O) groups is 1. The summed E-state index contributed by atoms with van der Waals surface area (Å²) in [5.74, 6) is 0.286. The molecule has 0 saturated heterocycles. The number of hydrogen-bond donors (Lipinski definition) is 1. The minimum atomic E-state index is -3.68. The van der Waals surface area contributed by atoms with Crippen LogP contribution in [0.15, 0.2) is 36.4 Å². The van der Waals surface area contributed by atoms with Crippen molar-refractivity contribution in [3.63, 3.8) is 0 Å². The van der Waals surface area contributed by atoms with E-state index in [0.29, 0.717) is 0 Å². The van der Waals surface area contributed by atoms with Crippen LogP contribution in [-0.2, 0) is 14.8 Å². The average molecular weight is 465 g/mol. The second kappa shape index (κ2) is 10.8. The minimum absolute atomic E-state index is 0.0145. The molecule has 6 nitrogen and oxygen atoms in total. The zero-order chi connectivity index (χ0) is 24.1. The van der Waals surface area contributed by atoms with Gasteiger partial charge in [0.1, 0.15) is 11.6 Å². The van der Waals surface area contributed by atoms with E-state index in [1.165, 1.54) is 18.2 Å². The number of nitrogens with zero attached hydrogens (tertiary/aromatic N) is 1. The van der Waals surface area contributed by atoms with E-state index < -0.39 is 15.8 Å².